The minimum atomic E-state index is -0.414. The maximum atomic E-state index is 11.5. The number of carbonyl (C=O) groups is 1. The topological polar surface area (TPSA) is 75.3 Å². The summed E-state index contributed by atoms with van der Waals surface area (Å²) in [5.41, 5.74) is 6.18. The molecule has 4 nitrogen and oxygen atoms in total. The lowest BCUT2D eigenvalue weighted by molar-refractivity contribution is -0.121. The number of phenolic OH excluding ortho intramolecular Hbond substituents is 1. The number of benzene rings is 1. The van der Waals surface area contributed by atoms with E-state index < -0.39 is 6.04 Å². The van der Waals surface area contributed by atoms with E-state index in [4.69, 9.17) is 5.73 Å². The molecule has 0 aliphatic carbocycles. The highest BCUT2D eigenvalue weighted by atomic mass is 79.9. The lowest BCUT2D eigenvalue weighted by atomic mass is 9.98. The number of hydrogen-bond acceptors (Lipinski definition) is 3. The van der Waals surface area contributed by atoms with Crippen molar-refractivity contribution in [1.82, 2.24) is 5.32 Å². The summed E-state index contributed by atoms with van der Waals surface area (Å²) in [6.45, 7) is 5.88. The third-order valence-electron chi connectivity index (χ3n) is 3.13. The van der Waals surface area contributed by atoms with E-state index in [9.17, 15) is 9.90 Å². The average molecular weight is 329 g/mol. The Labute approximate surface area is 122 Å². The van der Waals surface area contributed by atoms with Crippen LogP contribution in [-0.4, -0.2) is 17.1 Å². The highest BCUT2D eigenvalue weighted by Crippen LogP contribution is 2.30. The van der Waals surface area contributed by atoms with Gasteiger partial charge in [-0.2, -0.15) is 0 Å². The molecule has 0 bridgehead atoms. The van der Waals surface area contributed by atoms with Crippen LogP contribution in [0.15, 0.2) is 22.7 Å². The van der Waals surface area contributed by atoms with Gasteiger partial charge in [0.2, 0.25) is 5.91 Å². The van der Waals surface area contributed by atoms with Crippen LogP contribution in [0.5, 0.6) is 5.75 Å². The summed E-state index contributed by atoms with van der Waals surface area (Å²) < 4.78 is 0.890. The third-order valence-corrected chi connectivity index (χ3v) is 3.62. The molecule has 1 amide bonds. The van der Waals surface area contributed by atoms with Crippen molar-refractivity contribution in [3.63, 3.8) is 0 Å². The van der Waals surface area contributed by atoms with Gasteiger partial charge in [-0.3, -0.25) is 10.1 Å². The largest absolute Gasteiger partial charge is 0.508 e. The highest BCUT2D eigenvalue weighted by Gasteiger charge is 2.24. The van der Waals surface area contributed by atoms with Crippen molar-refractivity contribution in [3.05, 3.63) is 28.2 Å². The van der Waals surface area contributed by atoms with Gasteiger partial charge in [0, 0.05) is 16.1 Å². The molecule has 0 spiro atoms. The van der Waals surface area contributed by atoms with Crippen molar-refractivity contribution in [2.75, 3.05) is 0 Å². The van der Waals surface area contributed by atoms with Crippen LogP contribution < -0.4 is 11.1 Å². The van der Waals surface area contributed by atoms with Crippen molar-refractivity contribution < 1.29 is 9.90 Å². The third kappa shape index (κ3) is 4.21. The van der Waals surface area contributed by atoms with Gasteiger partial charge in [-0.05, 0) is 30.5 Å². The van der Waals surface area contributed by atoms with Crippen LogP contribution in [-0.2, 0) is 4.79 Å². The number of phenols is 1. The SMILES string of the molecule is CCC(NC(C(N)=O)C(C)C)c1cc(Br)ccc1O. The number of halogens is 1. The first-order valence-corrected chi connectivity index (χ1v) is 7.19. The van der Waals surface area contributed by atoms with Crippen LogP contribution in [0.25, 0.3) is 0 Å². The average Bonchev–Trinajstić information content (AvgIpc) is 2.33. The Morgan fingerprint density at radius 3 is 2.58 bits per heavy atom. The molecule has 1 rings (SSSR count). The molecular weight excluding hydrogens is 308 g/mol. The Balaban J connectivity index is 3.00. The minimum Gasteiger partial charge on any atom is -0.508 e. The van der Waals surface area contributed by atoms with Crippen LogP contribution in [0, 0.1) is 5.92 Å². The molecule has 2 unspecified atom stereocenters. The molecule has 0 radical (unpaired) electrons. The Bertz CT molecular complexity index is 449. The number of amides is 1. The molecule has 0 saturated carbocycles. The number of nitrogens with two attached hydrogens (primary N) is 1. The van der Waals surface area contributed by atoms with Crippen LogP contribution in [0.1, 0.15) is 38.8 Å². The Kier molecular flexibility index (Phi) is 5.82. The molecule has 0 aliphatic rings. The summed E-state index contributed by atoms with van der Waals surface area (Å²) in [6, 6.07) is 4.74. The lowest BCUT2D eigenvalue weighted by Crippen LogP contribution is -2.46. The van der Waals surface area contributed by atoms with Gasteiger partial charge in [-0.1, -0.05) is 36.7 Å². The van der Waals surface area contributed by atoms with Crippen LogP contribution >= 0.6 is 15.9 Å². The maximum absolute atomic E-state index is 11.5. The summed E-state index contributed by atoms with van der Waals surface area (Å²) in [5.74, 6) is -0.0571. The second-order valence-corrected chi connectivity index (χ2v) is 5.87. The molecule has 0 aliphatic heterocycles. The Morgan fingerprint density at radius 1 is 1.47 bits per heavy atom. The zero-order valence-corrected chi connectivity index (χ0v) is 13.1. The molecule has 2 atom stereocenters. The molecule has 19 heavy (non-hydrogen) atoms. The monoisotopic (exact) mass is 328 g/mol. The van der Waals surface area contributed by atoms with Gasteiger partial charge in [0.25, 0.3) is 0 Å². The smallest absolute Gasteiger partial charge is 0.234 e. The fourth-order valence-electron chi connectivity index (χ4n) is 2.05. The first kappa shape index (κ1) is 16.0. The normalized spacial score (nSPS) is 14.4. The molecule has 1 aromatic carbocycles. The summed E-state index contributed by atoms with van der Waals surface area (Å²) in [7, 11) is 0. The molecule has 0 saturated heterocycles. The number of aromatic hydroxyl groups is 1. The van der Waals surface area contributed by atoms with Crippen LogP contribution in [0.2, 0.25) is 0 Å². The predicted molar refractivity (Wildman–Crippen MR) is 79.8 cm³/mol. The minimum absolute atomic E-state index is 0.0980. The van der Waals surface area contributed by atoms with Crippen molar-refractivity contribution in [3.8, 4) is 5.75 Å². The fraction of sp³-hybridized carbons (Fsp3) is 0.500. The zero-order chi connectivity index (χ0) is 14.6. The van der Waals surface area contributed by atoms with Crippen molar-refractivity contribution in [2.24, 2.45) is 11.7 Å². The van der Waals surface area contributed by atoms with E-state index in [0.717, 1.165) is 16.5 Å². The standard InChI is InChI=1S/C14H21BrN2O2/c1-4-11(17-13(8(2)3)14(16)19)10-7-9(15)5-6-12(10)18/h5-8,11,13,17-18H,4H2,1-3H3,(H2,16,19). The van der Waals surface area contributed by atoms with Gasteiger partial charge in [0.05, 0.1) is 6.04 Å². The van der Waals surface area contributed by atoms with Gasteiger partial charge in [0.15, 0.2) is 0 Å². The highest BCUT2D eigenvalue weighted by molar-refractivity contribution is 9.10. The van der Waals surface area contributed by atoms with Gasteiger partial charge < -0.3 is 10.8 Å². The molecule has 0 fully saturated rings. The molecule has 1 aromatic rings. The van der Waals surface area contributed by atoms with E-state index in [1.165, 1.54) is 0 Å². The second kappa shape index (κ2) is 6.91. The molecule has 106 valence electrons. The number of carbonyl (C=O) groups excluding carboxylic acids is 1. The zero-order valence-electron chi connectivity index (χ0n) is 11.5. The van der Waals surface area contributed by atoms with Crippen molar-refractivity contribution in [2.45, 2.75) is 39.3 Å². The number of rotatable bonds is 6. The van der Waals surface area contributed by atoms with Gasteiger partial charge in [-0.15, -0.1) is 0 Å². The predicted octanol–water partition coefficient (Wildman–Crippen LogP) is 2.71. The van der Waals surface area contributed by atoms with Gasteiger partial charge in [0.1, 0.15) is 5.75 Å². The Morgan fingerprint density at radius 2 is 2.11 bits per heavy atom. The number of nitrogens with one attached hydrogen (secondary N) is 1. The van der Waals surface area contributed by atoms with E-state index in [2.05, 4.69) is 21.2 Å². The van der Waals surface area contributed by atoms with E-state index in [1.54, 1.807) is 12.1 Å². The summed E-state index contributed by atoms with van der Waals surface area (Å²) >= 11 is 3.39. The Hall–Kier alpha value is -1.07. The maximum Gasteiger partial charge on any atom is 0.234 e. The first-order valence-electron chi connectivity index (χ1n) is 6.40. The van der Waals surface area contributed by atoms with E-state index in [-0.39, 0.29) is 23.6 Å². The molecule has 0 heterocycles. The lowest BCUT2D eigenvalue weighted by Gasteiger charge is -2.26. The number of primary amides is 1. The van der Waals surface area contributed by atoms with Crippen LogP contribution in [0.3, 0.4) is 0 Å². The number of hydrogen-bond donors (Lipinski definition) is 3. The van der Waals surface area contributed by atoms with E-state index >= 15 is 0 Å². The molecule has 0 aromatic heterocycles. The van der Waals surface area contributed by atoms with Crippen molar-refractivity contribution >= 4 is 21.8 Å². The summed E-state index contributed by atoms with van der Waals surface area (Å²) in [6.07, 6.45) is 0.751. The summed E-state index contributed by atoms with van der Waals surface area (Å²) in [4.78, 5) is 11.5. The van der Waals surface area contributed by atoms with Crippen molar-refractivity contribution in [1.29, 1.82) is 0 Å². The van der Waals surface area contributed by atoms with E-state index in [0.29, 0.717) is 0 Å². The molecule has 4 N–H and O–H groups in total. The van der Waals surface area contributed by atoms with Gasteiger partial charge in [-0.25, -0.2) is 0 Å². The van der Waals surface area contributed by atoms with Gasteiger partial charge >= 0.3 is 0 Å². The van der Waals surface area contributed by atoms with E-state index in [1.807, 2.05) is 26.8 Å². The molecule has 5 heteroatoms. The quantitative estimate of drug-likeness (QED) is 0.751. The fourth-order valence-corrected chi connectivity index (χ4v) is 2.43. The molecular formula is C14H21BrN2O2. The second-order valence-electron chi connectivity index (χ2n) is 4.95. The summed E-state index contributed by atoms with van der Waals surface area (Å²) in [5, 5.41) is 13.2. The first-order chi connectivity index (χ1) is 8.86. The van der Waals surface area contributed by atoms with Crippen LogP contribution in [0.4, 0.5) is 0 Å².